The Hall–Kier alpha value is -2.95. The molecule has 0 aliphatic rings. The minimum Gasteiger partial charge on any atom is -0.508 e. The lowest BCUT2D eigenvalue weighted by molar-refractivity contribution is 0.379. The summed E-state index contributed by atoms with van der Waals surface area (Å²) in [6.45, 7) is 0. The van der Waals surface area contributed by atoms with Crippen molar-refractivity contribution in [3.63, 3.8) is 0 Å². The van der Waals surface area contributed by atoms with Crippen molar-refractivity contribution in [3.8, 4) is 28.7 Å². The first-order chi connectivity index (χ1) is 10.3. The number of rotatable bonds is 4. The monoisotopic (exact) mass is 282 g/mol. The van der Waals surface area contributed by atoms with Crippen molar-refractivity contribution in [1.82, 2.24) is 9.78 Å². The van der Waals surface area contributed by atoms with Crippen LogP contribution < -0.4 is 9.47 Å². The fourth-order valence-electron chi connectivity index (χ4n) is 1.97. The van der Waals surface area contributed by atoms with Crippen LogP contribution in [-0.4, -0.2) is 22.0 Å². The average Bonchev–Trinajstić information content (AvgIpc) is 2.96. The molecule has 0 bridgehead atoms. The molecule has 0 aliphatic carbocycles. The molecule has 0 unspecified atom stereocenters. The fraction of sp³-hybridized carbons (Fsp3) is 0.0625. The summed E-state index contributed by atoms with van der Waals surface area (Å²) in [6.07, 6.45) is 3.34. The number of hydrogen-bond donors (Lipinski definition) is 1. The van der Waals surface area contributed by atoms with Gasteiger partial charge in [0.2, 0.25) is 0 Å². The Labute approximate surface area is 122 Å². The van der Waals surface area contributed by atoms with Crippen LogP contribution in [0, 0.1) is 0 Å². The van der Waals surface area contributed by atoms with Gasteiger partial charge in [-0.1, -0.05) is 18.2 Å². The first-order valence-electron chi connectivity index (χ1n) is 6.41. The maximum absolute atomic E-state index is 9.50. The van der Waals surface area contributed by atoms with E-state index in [-0.39, 0.29) is 5.75 Å². The van der Waals surface area contributed by atoms with Crippen molar-refractivity contribution < 1.29 is 14.6 Å². The van der Waals surface area contributed by atoms with Crippen molar-refractivity contribution in [2.45, 2.75) is 0 Å². The standard InChI is InChI=1S/C16H14N2O3/c1-20-15-7-2-3-8-16(15)21-14-10-17-18(11-14)12-5-4-6-13(19)9-12/h2-11,19H,1H3. The van der Waals surface area contributed by atoms with E-state index in [1.165, 1.54) is 0 Å². The molecule has 3 aromatic rings. The van der Waals surface area contributed by atoms with E-state index < -0.39 is 0 Å². The SMILES string of the molecule is COc1ccccc1Oc1cnn(-c2cccc(O)c2)c1. The largest absolute Gasteiger partial charge is 0.508 e. The molecule has 0 fully saturated rings. The Bertz CT molecular complexity index is 753. The number of aromatic hydroxyl groups is 1. The number of phenols is 1. The third-order valence-electron chi connectivity index (χ3n) is 2.95. The minimum absolute atomic E-state index is 0.190. The van der Waals surface area contributed by atoms with Gasteiger partial charge in [-0.05, 0) is 24.3 Å². The van der Waals surface area contributed by atoms with Gasteiger partial charge in [0, 0.05) is 6.07 Å². The van der Waals surface area contributed by atoms with Gasteiger partial charge in [0.15, 0.2) is 17.2 Å². The number of benzene rings is 2. The normalized spacial score (nSPS) is 10.3. The van der Waals surface area contributed by atoms with Crippen LogP contribution in [0.5, 0.6) is 23.0 Å². The van der Waals surface area contributed by atoms with Crippen LogP contribution in [0.3, 0.4) is 0 Å². The van der Waals surface area contributed by atoms with Crippen molar-refractivity contribution in [2.75, 3.05) is 7.11 Å². The van der Waals surface area contributed by atoms with Crippen molar-refractivity contribution in [2.24, 2.45) is 0 Å². The van der Waals surface area contributed by atoms with Crippen molar-refractivity contribution in [1.29, 1.82) is 0 Å². The highest BCUT2D eigenvalue weighted by atomic mass is 16.5. The summed E-state index contributed by atoms with van der Waals surface area (Å²) in [5.74, 6) is 2.05. The van der Waals surface area contributed by atoms with Crippen molar-refractivity contribution in [3.05, 3.63) is 60.9 Å². The van der Waals surface area contributed by atoms with Gasteiger partial charge < -0.3 is 14.6 Å². The van der Waals surface area contributed by atoms with Gasteiger partial charge in [-0.25, -0.2) is 4.68 Å². The van der Waals surface area contributed by atoms with Gasteiger partial charge in [0.05, 0.1) is 25.2 Å². The quantitative estimate of drug-likeness (QED) is 0.797. The molecule has 0 aliphatic heterocycles. The molecule has 1 N–H and O–H groups in total. The van der Waals surface area contributed by atoms with E-state index in [0.717, 1.165) is 5.69 Å². The number of nitrogens with zero attached hydrogens (tertiary/aromatic N) is 2. The molecule has 1 aromatic heterocycles. The zero-order valence-electron chi connectivity index (χ0n) is 11.4. The molecule has 0 saturated heterocycles. The van der Waals surface area contributed by atoms with E-state index in [2.05, 4.69) is 5.10 Å². The summed E-state index contributed by atoms with van der Waals surface area (Å²) < 4.78 is 12.6. The molecule has 3 rings (SSSR count). The maximum atomic E-state index is 9.50. The molecule has 0 atom stereocenters. The Kier molecular flexibility index (Phi) is 3.47. The highest BCUT2D eigenvalue weighted by molar-refractivity contribution is 5.43. The molecule has 1 heterocycles. The third kappa shape index (κ3) is 2.81. The first-order valence-corrected chi connectivity index (χ1v) is 6.41. The van der Waals surface area contributed by atoms with Gasteiger partial charge in [0.25, 0.3) is 0 Å². The van der Waals surface area contributed by atoms with E-state index >= 15 is 0 Å². The van der Waals surface area contributed by atoms with Crippen LogP contribution in [-0.2, 0) is 0 Å². The summed E-state index contributed by atoms with van der Waals surface area (Å²) in [5.41, 5.74) is 0.755. The minimum atomic E-state index is 0.190. The van der Waals surface area contributed by atoms with Crippen molar-refractivity contribution >= 4 is 0 Å². The summed E-state index contributed by atoms with van der Waals surface area (Å²) in [4.78, 5) is 0. The van der Waals surface area contributed by atoms with Gasteiger partial charge in [-0.3, -0.25) is 0 Å². The van der Waals surface area contributed by atoms with Gasteiger partial charge in [0.1, 0.15) is 5.75 Å². The Morgan fingerprint density at radius 1 is 1.05 bits per heavy atom. The van der Waals surface area contributed by atoms with Crippen LogP contribution >= 0.6 is 0 Å². The molecule has 21 heavy (non-hydrogen) atoms. The summed E-state index contributed by atoms with van der Waals surface area (Å²) in [5, 5.41) is 13.7. The lowest BCUT2D eigenvalue weighted by atomic mass is 10.3. The lowest BCUT2D eigenvalue weighted by Crippen LogP contribution is -1.93. The lowest BCUT2D eigenvalue weighted by Gasteiger charge is -2.07. The van der Waals surface area contributed by atoms with E-state index in [0.29, 0.717) is 17.2 Å². The predicted molar refractivity (Wildman–Crippen MR) is 78.3 cm³/mol. The fourth-order valence-corrected chi connectivity index (χ4v) is 1.97. The van der Waals surface area contributed by atoms with Gasteiger partial charge in [-0.2, -0.15) is 5.10 Å². The van der Waals surface area contributed by atoms with Crippen LogP contribution in [0.2, 0.25) is 0 Å². The number of ether oxygens (including phenoxy) is 2. The summed E-state index contributed by atoms with van der Waals surface area (Å²) >= 11 is 0. The molecule has 106 valence electrons. The topological polar surface area (TPSA) is 56.5 Å². The molecule has 2 aromatic carbocycles. The highest BCUT2D eigenvalue weighted by Gasteiger charge is 2.07. The molecule has 5 heteroatoms. The van der Waals surface area contributed by atoms with Gasteiger partial charge >= 0.3 is 0 Å². The van der Waals surface area contributed by atoms with Gasteiger partial charge in [-0.15, -0.1) is 0 Å². The first kappa shape index (κ1) is 13.1. The molecule has 5 nitrogen and oxygen atoms in total. The number of hydrogen-bond acceptors (Lipinski definition) is 4. The zero-order chi connectivity index (χ0) is 14.7. The molecule has 0 amide bonds. The Morgan fingerprint density at radius 2 is 1.86 bits per heavy atom. The number of para-hydroxylation sites is 2. The smallest absolute Gasteiger partial charge is 0.169 e. The van der Waals surface area contributed by atoms with Crippen LogP contribution in [0.15, 0.2) is 60.9 Å². The Balaban J connectivity index is 1.85. The third-order valence-corrected chi connectivity index (χ3v) is 2.95. The number of phenolic OH excluding ortho intramolecular Hbond substituents is 1. The second-order valence-corrected chi connectivity index (χ2v) is 4.39. The molecule has 0 radical (unpaired) electrons. The van der Waals surface area contributed by atoms with Crippen LogP contribution in [0.4, 0.5) is 0 Å². The van der Waals surface area contributed by atoms with E-state index in [4.69, 9.17) is 9.47 Å². The molecule has 0 saturated carbocycles. The second kappa shape index (κ2) is 5.58. The number of aromatic nitrogens is 2. The van der Waals surface area contributed by atoms with Crippen LogP contribution in [0.25, 0.3) is 5.69 Å². The zero-order valence-corrected chi connectivity index (χ0v) is 11.4. The maximum Gasteiger partial charge on any atom is 0.169 e. The predicted octanol–water partition coefficient (Wildman–Crippen LogP) is 3.38. The molecular formula is C16H14N2O3. The number of methoxy groups -OCH3 is 1. The molecule has 0 spiro atoms. The Morgan fingerprint density at radius 3 is 2.62 bits per heavy atom. The van der Waals surface area contributed by atoms with E-state index in [9.17, 15) is 5.11 Å². The van der Waals surface area contributed by atoms with Crippen LogP contribution in [0.1, 0.15) is 0 Å². The summed E-state index contributed by atoms with van der Waals surface area (Å²) in [6, 6.07) is 14.2. The second-order valence-electron chi connectivity index (χ2n) is 4.39. The van der Waals surface area contributed by atoms with E-state index in [1.54, 1.807) is 42.4 Å². The molecular weight excluding hydrogens is 268 g/mol. The average molecular weight is 282 g/mol. The highest BCUT2D eigenvalue weighted by Crippen LogP contribution is 2.31. The van der Waals surface area contributed by atoms with E-state index in [1.807, 2.05) is 30.3 Å². The summed E-state index contributed by atoms with van der Waals surface area (Å²) in [7, 11) is 1.60.